The summed E-state index contributed by atoms with van der Waals surface area (Å²) >= 11 is 0. The molecule has 0 aliphatic rings. The van der Waals surface area contributed by atoms with Crippen LogP contribution in [0.2, 0.25) is 0 Å². The van der Waals surface area contributed by atoms with Crippen LogP contribution in [0.15, 0.2) is 194 Å². The van der Waals surface area contributed by atoms with Gasteiger partial charge in [0, 0.05) is 38.2 Å². The van der Waals surface area contributed by atoms with E-state index in [0.29, 0.717) is 0 Å². The maximum atomic E-state index is 5.46. The Labute approximate surface area is 306 Å². The minimum atomic E-state index is 1.000. The number of hydrogen-bond donors (Lipinski definition) is 0. The molecule has 0 saturated carbocycles. The van der Waals surface area contributed by atoms with Crippen molar-refractivity contribution in [3.63, 3.8) is 0 Å². The minimum absolute atomic E-state index is 1.000. The fourth-order valence-corrected chi connectivity index (χ4v) is 8.55. The first-order valence-corrected chi connectivity index (χ1v) is 18.2. The second-order valence-electron chi connectivity index (χ2n) is 13.9. The second kappa shape index (κ2) is 11.8. The summed E-state index contributed by atoms with van der Waals surface area (Å²) in [7, 11) is 0. The predicted octanol–water partition coefficient (Wildman–Crippen LogP) is 13.8. The number of aromatic nitrogens is 2. The molecule has 0 spiro atoms. The van der Waals surface area contributed by atoms with Crippen LogP contribution in [0.4, 0.5) is 0 Å². The Bertz CT molecular complexity index is 3110. The first-order chi connectivity index (χ1) is 26.3. The van der Waals surface area contributed by atoms with Crippen LogP contribution in [0.1, 0.15) is 0 Å². The van der Waals surface area contributed by atoms with E-state index in [1.807, 2.05) is 0 Å². The number of nitrogens with zero attached hydrogens (tertiary/aromatic N) is 2. The van der Waals surface area contributed by atoms with Gasteiger partial charge >= 0.3 is 0 Å². The highest BCUT2D eigenvalue weighted by Crippen LogP contribution is 2.44. The molecule has 0 fully saturated rings. The van der Waals surface area contributed by atoms with E-state index in [-0.39, 0.29) is 0 Å². The zero-order valence-electron chi connectivity index (χ0n) is 28.9. The molecular weight excluding hydrogens is 641 g/mol. The van der Waals surface area contributed by atoms with E-state index in [2.05, 4.69) is 199 Å². The smallest absolute Gasteiger partial charge is 0.0795 e. The van der Waals surface area contributed by atoms with Gasteiger partial charge in [-0.05, 0) is 86.3 Å². The summed E-state index contributed by atoms with van der Waals surface area (Å²) in [5.74, 6) is 0. The maximum absolute atomic E-state index is 5.46. The molecule has 0 radical (unpaired) electrons. The Morgan fingerprint density at radius 1 is 0.302 bits per heavy atom. The molecule has 0 aliphatic carbocycles. The van der Waals surface area contributed by atoms with Gasteiger partial charge in [-0.15, -0.1) is 0 Å². The fourth-order valence-electron chi connectivity index (χ4n) is 8.55. The van der Waals surface area contributed by atoms with Crippen molar-refractivity contribution in [3.8, 4) is 39.2 Å². The normalized spacial score (nSPS) is 11.8. The number of benzene rings is 9. The first-order valence-electron chi connectivity index (χ1n) is 18.2. The zero-order chi connectivity index (χ0) is 34.9. The lowest BCUT2D eigenvalue weighted by Crippen LogP contribution is -1.96. The van der Waals surface area contributed by atoms with Crippen LogP contribution < -0.4 is 0 Å². The van der Waals surface area contributed by atoms with Gasteiger partial charge in [0.25, 0.3) is 0 Å². The fraction of sp³-hybridized carbons (Fsp3) is 0. The largest absolute Gasteiger partial charge is 0.309 e. The molecule has 0 N–H and O–H groups in total. The van der Waals surface area contributed by atoms with E-state index in [1.165, 1.54) is 81.8 Å². The van der Waals surface area contributed by atoms with Crippen LogP contribution in [-0.4, -0.2) is 9.55 Å². The average Bonchev–Trinajstić information content (AvgIpc) is 3.57. The topological polar surface area (TPSA) is 17.8 Å². The Morgan fingerprint density at radius 2 is 0.792 bits per heavy atom. The van der Waals surface area contributed by atoms with Gasteiger partial charge in [-0.1, -0.05) is 152 Å². The first kappa shape index (κ1) is 29.7. The van der Waals surface area contributed by atoms with Crippen molar-refractivity contribution in [1.29, 1.82) is 0 Å². The van der Waals surface area contributed by atoms with E-state index in [4.69, 9.17) is 4.98 Å². The number of fused-ring (bicyclic) bond motifs is 11. The summed E-state index contributed by atoms with van der Waals surface area (Å²) in [5.41, 5.74) is 11.4. The van der Waals surface area contributed by atoms with Crippen molar-refractivity contribution in [2.75, 3.05) is 0 Å². The van der Waals surface area contributed by atoms with E-state index < -0.39 is 0 Å². The van der Waals surface area contributed by atoms with E-state index in [1.54, 1.807) is 0 Å². The van der Waals surface area contributed by atoms with E-state index in [0.717, 1.165) is 22.5 Å². The van der Waals surface area contributed by atoms with Gasteiger partial charge in [-0.3, -0.25) is 0 Å². The van der Waals surface area contributed by atoms with Crippen LogP contribution in [-0.2, 0) is 0 Å². The van der Waals surface area contributed by atoms with E-state index in [9.17, 15) is 0 Å². The minimum Gasteiger partial charge on any atom is -0.309 e. The number of hydrogen-bond acceptors (Lipinski definition) is 1. The van der Waals surface area contributed by atoms with Crippen LogP contribution in [0.5, 0.6) is 0 Å². The summed E-state index contributed by atoms with van der Waals surface area (Å²) in [6.07, 6.45) is 0. The Morgan fingerprint density at radius 3 is 1.40 bits per heavy atom. The molecule has 11 aromatic rings. The standard InChI is InChI=1S/C51H32N2/c1-3-14-33(15-4-1)35-26-28-47-44(31-35)45-32-36(34-16-5-2-6-17-34)27-29-48(45)53(47)38-19-13-18-37(30-38)51-50-42-23-10-8-21-40(42)39-20-7-9-22-41(39)49(50)43-24-11-12-25-46(43)52-51/h1-32H. The number of rotatable bonds is 4. The Hall–Kier alpha value is -7.03. The molecule has 0 bridgehead atoms. The van der Waals surface area contributed by atoms with Gasteiger partial charge in [0.15, 0.2) is 0 Å². The highest BCUT2D eigenvalue weighted by atomic mass is 15.0. The molecule has 2 heterocycles. The molecule has 0 saturated heterocycles. The summed E-state index contributed by atoms with van der Waals surface area (Å²) < 4.78 is 2.43. The molecule has 11 rings (SSSR count). The molecular formula is C51H32N2. The summed E-state index contributed by atoms with van der Waals surface area (Å²) in [6.45, 7) is 0. The number of para-hydroxylation sites is 1. The molecule has 0 amide bonds. The van der Waals surface area contributed by atoms with Crippen molar-refractivity contribution in [2.24, 2.45) is 0 Å². The van der Waals surface area contributed by atoms with Gasteiger partial charge in [0.05, 0.1) is 22.2 Å². The third-order valence-corrected chi connectivity index (χ3v) is 10.9. The van der Waals surface area contributed by atoms with Crippen molar-refractivity contribution >= 4 is 65.0 Å². The SMILES string of the molecule is c1ccc(-c2ccc3c(c2)c2cc(-c4ccccc4)ccc2n3-c2cccc(-c3nc4ccccc4c4c5ccccc5c5ccccc5c34)c2)cc1. The van der Waals surface area contributed by atoms with Crippen LogP contribution in [0, 0.1) is 0 Å². The third-order valence-electron chi connectivity index (χ3n) is 10.9. The molecule has 2 aromatic heterocycles. The Balaban J connectivity index is 1.20. The van der Waals surface area contributed by atoms with Gasteiger partial charge in [0.1, 0.15) is 0 Å². The van der Waals surface area contributed by atoms with Crippen molar-refractivity contribution in [3.05, 3.63) is 194 Å². The lowest BCUT2D eigenvalue weighted by Gasteiger charge is -2.17. The summed E-state index contributed by atoms with van der Waals surface area (Å²) in [5, 5.41) is 11.1. The molecule has 0 atom stereocenters. The van der Waals surface area contributed by atoms with Crippen LogP contribution in [0.3, 0.4) is 0 Å². The molecule has 0 unspecified atom stereocenters. The molecule has 2 heteroatoms. The molecule has 9 aromatic carbocycles. The molecule has 0 aliphatic heterocycles. The van der Waals surface area contributed by atoms with Crippen molar-refractivity contribution in [1.82, 2.24) is 9.55 Å². The van der Waals surface area contributed by atoms with Crippen LogP contribution >= 0.6 is 0 Å². The van der Waals surface area contributed by atoms with Crippen LogP contribution in [0.25, 0.3) is 104 Å². The second-order valence-corrected chi connectivity index (χ2v) is 13.9. The Kier molecular flexibility index (Phi) is 6.59. The van der Waals surface area contributed by atoms with Gasteiger partial charge < -0.3 is 4.57 Å². The molecule has 246 valence electrons. The third kappa shape index (κ3) is 4.63. The highest BCUT2D eigenvalue weighted by Gasteiger charge is 2.19. The lowest BCUT2D eigenvalue weighted by molar-refractivity contribution is 1.18. The predicted molar refractivity (Wildman–Crippen MR) is 225 cm³/mol. The lowest BCUT2D eigenvalue weighted by atomic mass is 9.90. The quantitative estimate of drug-likeness (QED) is 0.170. The van der Waals surface area contributed by atoms with Gasteiger partial charge in [0.2, 0.25) is 0 Å². The van der Waals surface area contributed by atoms with Crippen molar-refractivity contribution < 1.29 is 0 Å². The monoisotopic (exact) mass is 672 g/mol. The maximum Gasteiger partial charge on any atom is 0.0795 e. The van der Waals surface area contributed by atoms with Gasteiger partial charge in [-0.25, -0.2) is 4.98 Å². The summed E-state index contributed by atoms with van der Waals surface area (Å²) in [4.78, 5) is 5.46. The van der Waals surface area contributed by atoms with Gasteiger partial charge in [-0.2, -0.15) is 0 Å². The average molecular weight is 673 g/mol. The molecule has 2 nitrogen and oxygen atoms in total. The number of pyridine rings is 1. The van der Waals surface area contributed by atoms with E-state index >= 15 is 0 Å². The zero-order valence-corrected chi connectivity index (χ0v) is 28.9. The van der Waals surface area contributed by atoms with Crippen molar-refractivity contribution in [2.45, 2.75) is 0 Å². The highest BCUT2D eigenvalue weighted by molar-refractivity contribution is 6.33. The molecule has 53 heavy (non-hydrogen) atoms. The summed E-state index contributed by atoms with van der Waals surface area (Å²) in [6, 6.07) is 70.3.